The molecule has 0 spiro atoms. The molecule has 1 atom stereocenters. The lowest BCUT2D eigenvalue weighted by atomic mass is 10.0. The quantitative estimate of drug-likeness (QED) is 0.683. The molecule has 120 valence electrons. The van der Waals surface area contributed by atoms with E-state index in [-0.39, 0.29) is 6.10 Å². The number of benzene rings is 1. The first-order valence-corrected chi connectivity index (χ1v) is 7.72. The van der Waals surface area contributed by atoms with Crippen molar-refractivity contribution >= 4 is 24.6 Å². The van der Waals surface area contributed by atoms with Crippen molar-refractivity contribution in [1.29, 1.82) is 0 Å². The Balaban J connectivity index is 1.73. The third-order valence-corrected chi connectivity index (χ3v) is 3.93. The lowest BCUT2D eigenvalue weighted by molar-refractivity contribution is 0.100. The molecule has 4 rings (SSSR count). The molecule has 2 aromatic heterocycles. The Morgan fingerprint density at radius 3 is 3.08 bits per heavy atom. The summed E-state index contributed by atoms with van der Waals surface area (Å²) in [6, 6.07) is 7.51. The van der Waals surface area contributed by atoms with E-state index >= 15 is 0 Å². The first-order valence-electron chi connectivity index (χ1n) is 7.72. The van der Waals surface area contributed by atoms with Gasteiger partial charge in [-0.3, -0.25) is 0 Å². The minimum atomic E-state index is 0.00740. The van der Waals surface area contributed by atoms with Crippen LogP contribution in [0.15, 0.2) is 30.6 Å². The average molecular weight is 321 g/mol. The number of ether oxygens (including phenoxy) is 3. The van der Waals surface area contributed by atoms with E-state index in [1.54, 1.807) is 19.5 Å². The van der Waals surface area contributed by atoms with Crippen LogP contribution >= 0.6 is 0 Å². The molecule has 1 unspecified atom stereocenters. The fourth-order valence-electron chi connectivity index (χ4n) is 2.82. The molecule has 3 heterocycles. The van der Waals surface area contributed by atoms with E-state index in [1.807, 2.05) is 29.7 Å². The van der Waals surface area contributed by atoms with Crippen molar-refractivity contribution in [1.82, 2.24) is 14.5 Å². The Morgan fingerprint density at radius 2 is 2.25 bits per heavy atom. The molecule has 1 aliphatic heterocycles. The number of rotatable bonds is 3. The van der Waals surface area contributed by atoms with Gasteiger partial charge < -0.3 is 18.8 Å². The molecule has 6 nitrogen and oxygen atoms in total. The maximum atomic E-state index is 5.88. The molecule has 0 saturated heterocycles. The summed E-state index contributed by atoms with van der Waals surface area (Å²) in [5.41, 5.74) is 3.03. The van der Waals surface area contributed by atoms with Crippen LogP contribution in [-0.2, 0) is 6.54 Å². The van der Waals surface area contributed by atoms with Crippen molar-refractivity contribution in [3.8, 4) is 17.2 Å². The van der Waals surface area contributed by atoms with Crippen molar-refractivity contribution in [2.24, 2.45) is 0 Å². The predicted molar refractivity (Wildman–Crippen MR) is 90.6 cm³/mol. The zero-order valence-electron chi connectivity index (χ0n) is 13.5. The van der Waals surface area contributed by atoms with Crippen LogP contribution in [0, 0.1) is 0 Å². The van der Waals surface area contributed by atoms with Gasteiger partial charge in [-0.15, -0.1) is 0 Å². The zero-order chi connectivity index (χ0) is 16.7. The van der Waals surface area contributed by atoms with Gasteiger partial charge >= 0.3 is 0 Å². The summed E-state index contributed by atoms with van der Waals surface area (Å²) in [5.74, 6) is 2.00. The van der Waals surface area contributed by atoms with Crippen LogP contribution < -0.4 is 19.8 Å². The number of nitrogens with zero attached hydrogens (tertiary/aromatic N) is 3. The molecule has 0 saturated carbocycles. The van der Waals surface area contributed by atoms with Crippen LogP contribution in [0.3, 0.4) is 0 Å². The molecule has 0 aliphatic carbocycles. The van der Waals surface area contributed by atoms with Gasteiger partial charge in [0.2, 0.25) is 5.75 Å². The van der Waals surface area contributed by atoms with Gasteiger partial charge in [0.25, 0.3) is 0 Å². The second-order valence-corrected chi connectivity index (χ2v) is 5.82. The molecule has 1 aromatic carbocycles. The fraction of sp³-hybridized carbons (Fsp3) is 0.294. The van der Waals surface area contributed by atoms with E-state index in [0.717, 1.165) is 16.7 Å². The van der Waals surface area contributed by atoms with Crippen molar-refractivity contribution in [2.45, 2.75) is 19.6 Å². The Kier molecular flexibility index (Phi) is 3.56. The maximum absolute atomic E-state index is 5.88. The molecule has 2 radical (unpaired) electrons. The van der Waals surface area contributed by atoms with E-state index in [4.69, 9.17) is 22.1 Å². The van der Waals surface area contributed by atoms with Gasteiger partial charge in [-0.05, 0) is 42.3 Å². The summed E-state index contributed by atoms with van der Waals surface area (Å²) >= 11 is 0. The van der Waals surface area contributed by atoms with Crippen molar-refractivity contribution in [3.63, 3.8) is 0 Å². The standard InChI is InChI=1S/C17H16BN3O3/c1-10-8-23-16-13(22-2)5-11(6-14(16)24-10)7-21-9-19-12-3-4-15(18)20-17(12)21/h3-6,9-10H,7-8H2,1-2H3. The van der Waals surface area contributed by atoms with E-state index in [1.165, 1.54) is 0 Å². The monoisotopic (exact) mass is 321 g/mol. The SMILES string of the molecule is [B]c1ccc2ncn(Cc3cc(OC)c4c(c3)OC(C)CO4)c2n1. The summed E-state index contributed by atoms with van der Waals surface area (Å²) in [5, 5.41) is 0. The molecule has 0 N–H and O–H groups in total. The Morgan fingerprint density at radius 1 is 1.38 bits per heavy atom. The van der Waals surface area contributed by atoms with Crippen LogP contribution in [0.5, 0.6) is 17.2 Å². The number of pyridine rings is 1. The normalized spacial score (nSPS) is 16.3. The fourth-order valence-corrected chi connectivity index (χ4v) is 2.82. The highest BCUT2D eigenvalue weighted by atomic mass is 16.6. The highest BCUT2D eigenvalue weighted by Gasteiger charge is 2.22. The van der Waals surface area contributed by atoms with Crippen molar-refractivity contribution < 1.29 is 14.2 Å². The van der Waals surface area contributed by atoms with Crippen LogP contribution in [-0.4, -0.2) is 42.2 Å². The second-order valence-electron chi connectivity index (χ2n) is 5.82. The smallest absolute Gasteiger partial charge is 0.203 e. The Bertz CT molecular complexity index is 909. The van der Waals surface area contributed by atoms with E-state index in [0.29, 0.717) is 36.0 Å². The molecule has 0 bridgehead atoms. The highest BCUT2D eigenvalue weighted by molar-refractivity contribution is 6.31. The van der Waals surface area contributed by atoms with Gasteiger partial charge in [-0.1, -0.05) is 0 Å². The lowest BCUT2D eigenvalue weighted by Crippen LogP contribution is -2.26. The van der Waals surface area contributed by atoms with Gasteiger partial charge in [0.1, 0.15) is 26.1 Å². The number of hydrogen-bond acceptors (Lipinski definition) is 5. The minimum absolute atomic E-state index is 0.00740. The third kappa shape index (κ3) is 2.56. The Labute approximate surface area is 140 Å². The Hall–Kier alpha value is -2.70. The first kappa shape index (κ1) is 14.9. The van der Waals surface area contributed by atoms with Gasteiger partial charge in [0, 0.05) is 0 Å². The second kappa shape index (κ2) is 5.74. The molecule has 1 aliphatic rings. The molecule has 24 heavy (non-hydrogen) atoms. The number of imidazole rings is 1. The summed E-state index contributed by atoms with van der Waals surface area (Å²) in [7, 11) is 7.41. The number of methoxy groups -OCH3 is 1. The molecular weight excluding hydrogens is 305 g/mol. The minimum Gasteiger partial charge on any atom is -0.493 e. The number of hydrogen-bond donors (Lipinski definition) is 0. The number of aromatic nitrogens is 3. The maximum Gasteiger partial charge on any atom is 0.203 e. The molecule has 3 aromatic rings. The van der Waals surface area contributed by atoms with Crippen LogP contribution in [0.4, 0.5) is 0 Å². The van der Waals surface area contributed by atoms with E-state index < -0.39 is 0 Å². The topological polar surface area (TPSA) is 58.4 Å². The van der Waals surface area contributed by atoms with Crippen LogP contribution in [0.1, 0.15) is 12.5 Å². The number of fused-ring (bicyclic) bond motifs is 2. The largest absolute Gasteiger partial charge is 0.493 e. The van der Waals surface area contributed by atoms with Crippen LogP contribution in [0.2, 0.25) is 0 Å². The van der Waals surface area contributed by atoms with Gasteiger partial charge in [0.05, 0.1) is 20.0 Å². The first-order chi connectivity index (χ1) is 11.6. The molecule has 0 amide bonds. The lowest BCUT2D eigenvalue weighted by Gasteiger charge is -2.26. The van der Waals surface area contributed by atoms with Crippen molar-refractivity contribution in [2.75, 3.05) is 13.7 Å². The summed E-state index contributed by atoms with van der Waals surface area (Å²) < 4.78 is 19.0. The average Bonchev–Trinajstić information content (AvgIpc) is 2.96. The summed E-state index contributed by atoms with van der Waals surface area (Å²) in [6.07, 6.45) is 1.76. The molecule has 7 heteroatoms. The van der Waals surface area contributed by atoms with Gasteiger partial charge in [-0.2, -0.15) is 0 Å². The van der Waals surface area contributed by atoms with Crippen LogP contribution in [0.25, 0.3) is 11.2 Å². The molecular formula is C17H16BN3O3. The van der Waals surface area contributed by atoms with E-state index in [9.17, 15) is 0 Å². The van der Waals surface area contributed by atoms with Gasteiger partial charge in [-0.25, -0.2) is 9.97 Å². The highest BCUT2D eigenvalue weighted by Crippen LogP contribution is 2.41. The summed E-state index contributed by atoms with van der Waals surface area (Å²) in [6.45, 7) is 3.06. The van der Waals surface area contributed by atoms with E-state index in [2.05, 4.69) is 9.97 Å². The third-order valence-electron chi connectivity index (χ3n) is 3.93. The molecule has 0 fully saturated rings. The zero-order valence-corrected chi connectivity index (χ0v) is 13.5. The van der Waals surface area contributed by atoms with Gasteiger partial charge in [0.15, 0.2) is 17.1 Å². The summed E-state index contributed by atoms with van der Waals surface area (Å²) in [4.78, 5) is 8.72. The van der Waals surface area contributed by atoms with Crippen molar-refractivity contribution in [3.05, 3.63) is 36.2 Å². The predicted octanol–water partition coefficient (Wildman–Crippen LogP) is 1.44.